The van der Waals surface area contributed by atoms with Crippen LogP contribution in [0.4, 0.5) is 0 Å². The van der Waals surface area contributed by atoms with E-state index in [1.807, 2.05) is 12.1 Å². The smallest absolute Gasteiger partial charge is 0.313 e. The molecule has 1 heterocycles. The van der Waals surface area contributed by atoms with Gasteiger partial charge in [0.1, 0.15) is 0 Å². The number of carboxylic acids is 1. The molecule has 0 fully saturated rings. The minimum atomic E-state index is -0.872. The zero-order valence-electron chi connectivity index (χ0n) is 9.01. The van der Waals surface area contributed by atoms with Crippen molar-refractivity contribution in [2.24, 2.45) is 0 Å². The van der Waals surface area contributed by atoms with Crippen LogP contribution in [0.25, 0.3) is 5.69 Å². The topological polar surface area (TPSA) is 55.1 Å². The van der Waals surface area contributed by atoms with Crippen molar-refractivity contribution in [3.8, 4) is 5.69 Å². The molecule has 0 aliphatic heterocycles. The molecule has 0 unspecified atom stereocenters. The number of hydrogen-bond acceptors (Lipinski definition) is 3. The van der Waals surface area contributed by atoms with Gasteiger partial charge in [0.2, 0.25) is 0 Å². The van der Waals surface area contributed by atoms with Crippen LogP contribution >= 0.6 is 39.3 Å². The van der Waals surface area contributed by atoms with Crippen LogP contribution in [0, 0.1) is 0 Å². The third-order valence-electron chi connectivity index (χ3n) is 2.11. The van der Waals surface area contributed by atoms with Crippen LogP contribution in [0.1, 0.15) is 0 Å². The average Bonchev–Trinajstić information content (AvgIpc) is 2.78. The number of imidazole rings is 1. The van der Waals surface area contributed by atoms with E-state index in [9.17, 15) is 4.79 Å². The van der Waals surface area contributed by atoms with Crippen LogP contribution < -0.4 is 0 Å². The molecule has 2 aromatic rings. The molecule has 0 bridgehead atoms. The van der Waals surface area contributed by atoms with Crippen molar-refractivity contribution in [2.45, 2.75) is 5.16 Å². The second kappa shape index (κ2) is 5.77. The Morgan fingerprint density at radius 3 is 3.00 bits per heavy atom. The van der Waals surface area contributed by atoms with Gasteiger partial charge in [-0.15, -0.1) is 0 Å². The molecular weight excluding hydrogens is 340 g/mol. The van der Waals surface area contributed by atoms with Gasteiger partial charge in [-0.05, 0) is 34.1 Å². The van der Waals surface area contributed by atoms with Gasteiger partial charge in [-0.25, -0.2) is 4.98 Å². The van der Waals surface area contributed by atoms with Crippen molar-refractivity contribution >= 4 is 45.3 Å². The highest BCUT2D eigenvalue weighted by molar-refractivity contribution is 9.10. The maximum atomic E-state index is 10.6. The van der Waals surface area contributed by atoms with Crippen LogP contribution in [0.2, 0.25) is 5.02 Å². The minimum Gasteiger partial charge on any atom is -0.481 e. The molecule has 1 aromatic carbocycles. The zero-order chi connectivity index (χ0) is 13.1. The van der Waals surface area contributed by atoms with Crippen LogP contribution in [-0.4, -0.2) is 26.4 Å². The molecule has 0 aliphatic rings. The van der Waals surface area contributed by atoms with E-state index in [-0.39, 0.29) is 5.75 Å². The molecule has 0 amide bonds. The molecule has 94 valence electrons. The van der Waals surface area contributed by atoms with Crippen LogP contribution in [0.5, 0.6) is 0 Å². The van der Waals surface area contributed by atoms with Gasteiger partial charge in [0.15, 0.2) is 5.16 Å². The quantitative estimate of drug-likeness (QED) is 0.861. The van der Waals surface area contributed by atoms with Crippen LogP contribution in [0.3, 0.4) is 0 Å². The summed E-state index contributed by atoms with van der Waals surface area (Å²) in [6.45, 7) is 0. The number of aliphatic carboxylic acids is 1. The molecule has 2 rings (SSSR count). The summed E-state index contributed by atoms with van der Waals surface area (Å²) in [5, 5.41) is 9.88. The second-order valence-corrected chi connectivity index (χ2v) is 5.56. The summed E-state index contributed by atoms with van der Waals surface area (Å²) in [5.41, 5.74) is 0.841. The van der Waals surface area contributed by atoms with Gasteiger partial charge in [-0.2, -0.15) is 0 Å². The average molecular weight is 348 g/mol. The summed E-state index contributed by atoms with van der Waals surface area (Å²) < 4.78 is 2.61. The van der Waals surface area contributed by atoms with Gasteiger partial charge in [0.25, 0.3) is 0 Å². The number of hydrogen-bond donors (Lipinski definition) is 1. The van der Waals surface area contributed by atoms with Gasteiger partial charge >= 0.3 is 5.97 Å². The van der Waals surface area contributed by atoms with Crippen molar-refractivity contribution in [3.63, 3.8) is 0 Å². The highest BCUT2D eigenvalue weighted by Crippen LogP contribution is 2.27. The van der Waals surface area contributed by atoms with Crippen molar-refractivity contribution in [1.29, 1.82) is 0 Å². The van der Waals surface area contributed by atoms with Gasteiger partial charge < -0.3 is 5.11 Å². The van der Waals surface area contributed by atoms with Crippen LogP contribution in [-0.2, 0) is 4.79 Å². The van der Waals surface area contributed by atoms with E-state index in [1.54, 1.807) is 23.0 Å². The normalized spacial score (nSPS) is 10.6. The third kappa shape index (κ3) is 3.07. The number of carbonyl (C=O) groups is 1. The third-order valence-corrected chi connectivity index (χ3v) is 4.30. The summed E-state index contributed by atoms with van der Waals surface area (Å²) in [7, 11) is 0. The SMILES string of the molecule is O=C(O)CSc1nccn1-c1ccc(Br)c(Cl)c1. The Kier molecular flexibility index (Phi) is 4.31. The Morgan fingerprint density at radius 2 is 2.33 bits per heavy atom. The molecule has 0 saturated heterocycles. The van der Waals surface area contributed by atoms with Crippen molar-refractivity contribution < 1.29 is 9.90 Å². The first-order valence-corrected chi connectivity index (χ1v) is 7.07. The lowest BCUT2D eigenvalue weighted by molar-refractivity contribution is -0.133. The number of halogens is 2. The first-order valence-electron chi connectivity index (χ1n) is 4.91. The zero-order valence-corrected chi connectivity index (χ0v) is 12.2. The fourth-order valence-corrected chi connectivity index (χ4v) is 2.47. The van der Waals surface area contributed by atoms with Gasteiger partial charge in [-0.1, -0.05) is 23.4 Å². The fourth-order valence-electron chi connectivity index (χ4n) is 1.35. The lowest BCUT2D eigenvalue weighted by Gasteiger charge is -2.07. The summed E-state index contributed by atoms with van der Waals surface area (Å²) in [6.07, 6.45) is 3.39. The number of thioether (sulfide) groups is 1. The molecule has 0 radical (unpaired) electrons. The predicted molar refractivity (Wildman–Crippen MR) is 74.6 cm³/mol. The molecule has 18 heavy (non-hydrogen) atoms. The maximum absolute atomic E-state index is 10.6. The molecule has 0 atom stereocenters. The fraction of sp³-hybridized carbons (Fsp3) is 0.0909. The summed E-state index contributed by atoms with van der Waals surface area (Å²) in [4.78, 5) is 14.7. The van der Waals surface area contributed by atoms with Crippen LogP contribution in [0.15, 0.2) is 40.2 Å². The van der Waals surface area contributed by atoms with Gasteiger partial charge in [0, 0.05) is 22.6 Å². The number of nitrogens with zero attached hydrogens (tertiary/aromatic N) is 2. The molecule has 1 N–H and O–H groups in total. The van der Waals surface area contributed by atoms with E-state index in [1.165, 1.54) is 0 Å². The van der Waals surface area contributed by atoms with E-state index in [2.05, 4.69) is 20.9 Å². The van der Waals surface area contributed by atoms with Crippen molar-refractivity contribution in [3.05, 3.63) is 40.1 Å². The Balaban J connectivity index is 2.30. The first-order chi connectivity index (χ1) is 8.58. The Hall–Kier alpha value is -0.980. The summed E-state index contributed by atoms with van der Waals surface area (Å²) in [6, 6.07) is 5.50. The molecule has 0 spiro atoms. The number of aromatic nitrogens is 2. The Labute approximate surface area is 121 Å². The number of carboxylic acid groups (broad SMARTS) is 1. The Morgan fingerprint density at radius 1 is 1.56 bits per heavy atom. The van der Waals surface area contributed by atoms with Crippen molar-refractivity contribution in [2.75, 3.05) is 5.75 Å². The Bertz CT molecular complexity index is 588. The van der Waals surface area contributed by atoms with Gasteiger partial charge in [-0.3, -0.25) is 9.36 Å². The lowest BCUT2D eigenvalue weighted by atomic mass is 10.3. The molecule has 0 aliphatic carbocycles. The second-order valence-electron chi connectivity index (χ2n) is 3.36. The van der Waals surface area contributed by atoms with E-state index in [0.29, 0.717) is 10.2 Å². The predicted octanol–water partition coefficient (Wildman–Crippen LogP) is 3.46. The molecular formula is C11H8BrClN2O2S. The maximum Gasteiger partial charge on any atom is 0.313 e. The lowest BCUT2D eigenvalue weighted by Crippen LogP contribution is -2.01. The molecule has 4 nitrogen and oxygen atoms in total. The highest BCUT2D eigenvalue weighted by atomic mass is 79.9. The molecule has 7 heteroatoms. The summed E-state index contributed by atoms with van der Waals surface area (Å²) in [5.74, 6) is -0.898. The molecule has 1 aromatic heterocycles. The van der Waals surface area contributed by atoms with Crippen molar-refractivity contribution in [1.82, 2.24) is 9.55 Å². The van der Waals surface area contributed by atoms with E-state index >= 15 is 0 Å². The largest absolute Gasteiger partial charge is 0.481 e. The van der Waals surface area contributed by atoms with E-state index in [4.69, 9.17) is 16.7 Å². The summed E-state index contributed by atoms with van der Waals surface area (Å²) >= 11 is 10.5. The monoisotopic (exact) mass is 346 g/mol. The minimum absolute atomic E-state index is 0.0265. The van der Waals surface area contributed by atoms with Gasteiger partial charge in [0.05, 0.1) is 10.8 Å². The van der Waals surface area contributed by atoms with E-state index in [0.717, 1.165) is 21.9 Å². The number of benzene rings is 1. The number of rotatable bonds is 4. The molecule has 0 saturated carbocycles. The first kappa shape index (κ1) is 13.5. The standard InChI is InChI=1S/C11H8BrClN2O2S/c12-8-2-1-7(5-9(8)13)15-4-3-14-11(15)18-6-10(16)17/h1-5H,6H2,(H,16,17). The van der Waals surface area contributed by atoms with E-state index < -0.39 is 5.97 Å². The highest BCUT2D eigenvalue weighted by Gasteiger charge is 2.09.